The first-order chi connectivity index (χ1) is 9.60. The molecule has 1 heteroatoms. The third-order valence-corrected chi connectivity index (χ3v) is 2.50. The van der Waals surface area contributed by atoms with Gasteiger partial charge in [0.05, 0.1) is 0 Å². The van der Waals surface area contributed by atoms with Crippen LogP contribution in [0.4, 0.5) is 0 Å². The molecule has 0 aliphatic rings. The number of carbonyl (C=O) groups excluding carboxylic acids is 1. The van der Waals surface area contributed by atoms with Crippen molar-refractivity contribution in [1.29, 1.82) is 0 Å². The highest BCUT2D eigenvalue weighted by molar-refractivity contribution is 5.72. The molecule has 0 aliphatic heterocycles. The molecule has 0 radical (unpaired) electrons. The molecule has 108 valence electrons. The fraction of sp³-hybridized carbons (Fsp3) is 0.316. The number of hydrogen-bond donors (Lipinski definition) is 0. The minimum Gasteiger partial charge on any atom is -0.300 e. The molecule has 2 rings (SSSR count). The number of hydrogen-bond acceptors (Lipinski definition) is 1. The highest BCUT2D eigenvalue weighted by atomic mass is 16.1. The van der Waals surface area contributed by atoms with Crippen molar-refractivity contribution >= 4 is 5.78 Å². The van der Waals surface area contributed by atoms with E-state index < -0.39 is 0 Å². The predicted octanol–water partition coefficient (Wildman–Crippen LogP) is 5.09. The van der Waals surface area contributed by atoms with Gasteiger partial charge in [0.2, 0.25) is 0 Å². The zero-order chi connectivity index (χ0) is 15.2. The Balaban J connectivity index is 0.000000289. The van der Waals surface area contributed by atoms with Crippen molar-refractivity contribution in [1.82, 2.24) is 0 Å². The maximum absolute atomic E-state index is 9.44. The minimum atomic E-state index is 0.167. The molecule has 0 aromatic heterocycles. The van der Waals surface area contributed by atoms with Gasteiger partial charge < -0.3 is 4.79 Å². The molecule has 2 aromatic rings. The maximum Gasteiger partial charge on any atom is 0.126 e. The molecule has 1 nitrogen and oxygen atoms in total. The van der Waals surface area contributed by atoms with Crippen LogP contribution in [0.25, 0.3) is 0 Å². The Labute approximate surface area is 123 Å². The third kappa shape index (κ3) is 11.2. The number of aryl methyl sites for hydroxylation is 2. The average Bonchev–Trinajstić information content (AvgIpc) is 2.49. The molecule has 0 saturated heterocycles. The molecular weight excluding hydrogens is 244 g/mol. The van der Waals surface area contributed by atoms with E-state index >= 15 is 0 Å². The number of ketones is 1. The topological polar surface area (TPSA) is 17.1 Å². The summed E-state index contributed by atoms with van der Waals surface area (Å²) in [5, 5.41) is 0. The lowest BCUT2D eigenvalue weighted by Crippen LogP contribution is -1.73. The smallest absolute Gasteiger partial charge is 0.126 e. The first kappa shape index (κ1) is 18.1. The molecule has 0 amide bonds. The average molecular weight is 270 g/mol. The zero-order valence-electron chi connectivity index (χ0n) is 13.1. The van der Waals surface area contributed by atoms with Crippen LogP contribution in [-0.4, -0.2) is 5.78 Å². The van der Waals surface area contributed by atoms with E-state index in [0.717, 1.165) is 12.8 Å². The predicted molar refractivity (Wildman–Crippen MR) is 88.0 cm³/mol. The molecular formula is C19H26O. The molecule has 0 heterocycles. The minimum absolute atomic E-state index is 0.167. The third-order valence-electron chi connectivity index (χ3n) is 2.50. The van der Waals surface area contributed by atoms with Crippen LogP contribution in [0.15, 0.2) is 60.7 Å². The maximum atomic E-state index is 9.44. The molecule has 0 spiro atoms. The van der Waals surface area contributed by atoms with Crippen molar-refractivity contribution in [2.75, 3.05) is 0 Å². The number of carbonyl (C=O) groups is 1. The van der Waals surface area contributed by atoms with Crippen molar-refractivity contribution in [2.24, 2.45) is 0 Å². The van der Waals surface area contributed by atoms with Crippen LogP contribution in [-0.2, 0) is 17.6 Å². The number of benzene rings is 2. The van der Waals surface area contributed by atoms with Crippen LogP contribution >= 0.6 is 0 Å². The second-order valence-electron chi connectivity index (χ2n) is 4.59. The first-order valence-electron chi connectivity index (χ1n) is 7.15. The normalized spacial score (nSPS) is 8.60. The summed E-state index contributed by atoms with van der Waals surface area (Å²) in [6.07, 6.45) is 2.28. The standard InChI is InChI=1S/2C8H10.C3H6O/c2*1-2-8-6-4-3-5-7-8;1-3(2)4/h2*3-7H,2H2,1H3;1-2H3. The summed E-state index contributed by atoms with van der Waals surface area (Å²) in [4.78, 5) is 9.44. The Bertz CT molecular complexity index is 402. The van der Waals surface area contributed by atoms with Gasteiger partial charge in [0.25, 0.3) is 0 Å². The van der Waals surface area contributed by atoms with Crippen LogP contribution in [0.2, 0.25) is 0 Å². The SMILES string of the molecule is CC(C)=O.CCc1ccccc1.CCc1ccccc1. The fourth-order valence-corrected chi connectivity index (χ4v) is 1.43. The van der Waals surface area contributed by atoms with E-state index in [1.807, 2.05) is 12.1 Å². The van der Waals surface area contributed by atoms with E-state index in [4.69, 9.17) is 0 Å². The number of rotatable bonds is 2. The zero-order valence-corrected chi connectivity index (χ0v) is 13.1. The highest BCUT2D eigenvalue weighted by Crippen LogP contribution is 1.97. The summed E-state index contributed by atoms with van der Waals surface area (Å²) in [5.41, 5.74) is 2.82. The Morgan fingerprint density at radius 1 is 0.700 bits per heavy atom. The van der Waals surface area contributed by atoms with E-state index in [-0.39, 0.29) is 5.78 Å². The van der Waals surface area contributed by atoms with Gasteiger partial charge in [0.1, 0.15) is 5.78 Å². The monoisotopic (exact) mass is 270 g/mol. The van der Waals surface area contributed by atoms with Gasteiger partial charge in [-0.3, -0.25) is 0 Å². The molecule has 2 aromatic carbocycles. The first-order valence-corrected chi connectivity index (χ1v) is 7.15. The summed E-state index contributed by atoms with van der Waals surface area (Å²) in [6.45, 7) is 7.38. The van der Waals surface area contributed by atoms with Gasteiger partial charge >= 0.3 is 0 Å². The summed E-state index contributed by atoms with van der Waals surface area (Å²) in [7, 11) is 0. The lowest BCUT2D eigenvalue weighted by atomic mass is 10.2. The summed E-state index contributed by atoms with van der Waals surface area (Å²) in [6, 6.07) is 20.9. The fourth-order valence-electron chi connectivity index (χ4n) is 1.43. The summed E-state index contributed by atoms with van der Waals surface area (Å²) < 4.78 is 0. The van der Waals surface area contributed by atoms with Gasteiger partial charge in [-0.2, -0.15) is 0 Å². The Kier molecular flexibility index (Phi) is 11.0. The molecule has 20 heavy (non-hydrogen) atoms. The number of Topliss-reactive ketones (excluding diaryl/α,β-unsaturated/α-hetero) is 1. The van der Waals surface area contributed by atoms with Gasteiger partial charge in [-0.05, 0) is 37.8 Å². The Morgan fingerprint density at radius 3 is 1.10 bits per heavy atom. The van der Waals surface area contributed by atoms with E-state index in [0.29, 0.717) is 0 Å². The van der Waals surface area contributed by atoms with Crippen LogP contribution < -0.4 is 0 Å². The molecule has 0 saturated carbocycles. The van der Waals surface area contributed by atoms with Crippen molar-refractivity contribution in [2.45, 2.75) is 40.5 Å². The van der Waals surface area contributed by atoms with Crippen LogP contribution in [0.1, 0.15) is 38.8 Å². The molecule has 0 bridgehead atoms. The molecule has 0 aliphatic carbocycles. The van der Waals surface area contributed by atoms with Crippen molar-refractivity contribution in [3.05, 3.63) is 71.8 Å². The second-order valence-corrected chi connectivity index (χ2v) is 4.59. The van der Waals surface area contributed by atoms with Crippen LogP contribution in [0.3, 0.4) is 0 Å². The molecule has 0 atom stereocenters. The van der Waals surface area contributed by atoms with Crippen LogP contribution in [0, 0.1) is 0 Å². The van der Waals surface area contributed by atoms with Gasteiger partial charge in [-0.25, -0.2) is 0 Å². The van der Waals surface area contributed by atoms with Gasteiger partial charge in [-0.1, -0.05) is 74.5 Å². The Hall–Kier alpha value is -1.89. The molecule has 0 unspecified atom stereocenters. The van der Waals surface area contributed by atoms with Gasteiger partial charge in [0.15, 0.2) is 0 Å². The van der Waals surface area contributed by atoms with Gasteiger partial charge in [-0.15, -0.1) is 0 Å². The van der Waals surface area contributed by atoms with Gasteiger partial charge in [0, 0.05) is 0 Å². The van der Waals surface area contributed by atoms with Crippen LogP contribution in [0.5, 0.6) is 0 Å². The Morgan fingerprint density at radius 2 is 0.950 bits per heavy atom. The lowest BCUT2D eigenvalue weighted by molar-refractivity contribution is -0.114. The van der Waals surface area contributed by atoms with Crippen molar-refractivity contribution in [3.63, 3.8) is 0 Å². The van der Waals surface area contributed by atoms with E-state index in [2.05, 4.69) is 62.4 Å². The lowest BCUT2D eigenvalue weighted by Gasteiger charge is -1.89. The quantitative estimate of drug-likeness (QED) is 0.742. The second kappa shape index (κ2) is 12.2. The molecule has 0 N–H and O–H groups in total. The largest absolute Gasteiger partial charge is 0.300 e. The van der Waals surface area contributed by atoms with Crippen molar-refractivity contribution in [3.8, 4) is 0 Å². The highest BCUT2D eigenvalue weighted by Gasteiger charge is 1.80. The van der Waals surface area contributed by atoms with E-state index in [1.54, 1.807) is 0 Å². The summed E-state index contributed by atoms with van der Waals surface area (Å²) in [5.74, 6) is 0.167. The van der Waals surface area contributed by atoms with E-state index in [9.17, 15) is 4.79 Å². The molecule has 0 fully saturated rings. The summed E-state index contributed by atoms with van der Waals surface area (Å²) >= 11 is 0. The van der Waals surface area contributed by atoms with E-state index in [1.165, 1.54) is 25.0 Å². The van der Waals surface area contributed by atoms with Crippen molar-refractivity contribution < 1.29 is 4.79 Å².